The van der Waals surface area contributed by atoms with Crippen molar-refractivity contribution in [2.24, 2.45) is 0 Å². The number of hydrogen-bond acceptors (Lipinski definition) is 2. The molecule has 0 amide bonds. The van der Waals surface area contributed by atoms with Crippen LogP contribution in [0.15, 0.2) is 77.0 Å². The standard InChI is InChI=1S/C13H9.C11H6BrO.H2S.Zr/c1-3-7-12-10(5-1)9-11-6-2-4-8-13(11)12;12-10-6-8-5-7-3-1-2-4-9(7)11(8)13-10;;/h1-5,7-8H,9H2;1-2,4-6,11H;1H2;/q;;;+1/p-1. The van der Waals surface area contributed by atoms with Gasteiger partial charge in [-0.25, -0.2) is 0 Å². The fourth-order valence-electron chi connectivity index (χ4n) is 4.65. The monoisotopic (exact) mass is 521 g/mol. The summed E-state index contributed by atoms with van der Waals surface area (Å²) in [6, 6.07) is 22.3. The molecule has 1 aliphatic heterocycles. The van der Waals surface area contributed by atoms with Crippen molar-refractivity contribution in [3.8, 4) is 11.1 Å². The van der Waals surface area contributed by atoms with E-state index in [1.807, 2.05) is 0 Å². The molecule has 0 spiro atoms. The third kappa shape index (κ3) is 2.54. The molecule has 2 aliphatic carbocycles. The zero-order valence-electron chi connectivity index (χ0n) is 14.9. The number of benzene rings is 3. The topological polar surface area (TPSA) is 9.23 Å². The number of ether oxygens (including phenoxy) is 1. The molecule has 0 saturated carbocycles. The number of halogens is 1. The van der Waals surface area contributed by atoms with Crippen LogP contribution in [0.1, 0.15) is 28.4 Å². The van der Waals surface area contributed by atoms with Gasteiger partial charge in [0.15, 0.2) is 0 Å². The first kappa shape index (κ1) is 17.5. The van der Waals surface area contributed by atoms with Gasteiger partial charge in [-0.15, -0.1) is 0 Å². The van der Waals surface area contributed by atoms with Gasteiger partial charge in [0.2, 0.25) is 0 Å². The summed E-state index contributed by atoms with van der Waals surface area (Å²) in [5, 5.41) is 0. The van der Waals surface area contributed by atoms with Crippen molar-refractivity contribution in [2.75, 3.05) is 0 Å². The maximum atomic E-state index is 5.97. The van der Waals surface area contributed by atoms with E-state index in [-0.39, 0.29) is 6.10 Å². The van der Waals surface area contributed by atoms with Gasteiger partial charge in [-0.1, -0.05) is 0 Å². The summed E-state index contributed by atoms with van der Waals surface area (Å²) in [5.74, 6) is 0. The van der Waals surface area contributed by atoms with Crippen LogP contribution in [-0.4, -0.2) is 0 Å². The van der Waals surface area contributed by atoms with Gasteiger partial charge < -0.3 is 0 Å². The van der Waals surface area contributed by atoms with Crippen LogP contribution < -0.4 is 6.54 Å². The first-order valence-electron chi connectivity index (χ1n) is 9.36. The van der Waals surface area contributed by atoms with Crippen molar-refractivity contribution in [3.63, 3.8) is 0 Å². The van der Waals surface area contributed by atoms with Crippen molar-refractivity contribution >= 4 is 37.9 Å². The zero-order valence-corrected chi connectivity index (χ0v) is 19.9. The fraction of sp³-hybridized carbons (Fsp3) is 0.0833. The molecule has 1 heterocycles. The van der Waals surface area contributed by atoms with Crippen LogP contribution in [-0.2, 0) is 31.4 Å². The third-order valence-corrected chi connectivity index (χ3v) is 13.9. The second-order valence-electron chi connectivity index (χ2n) is 7.41. The van der Waals surface area contributed by atoms with Gasteiger partial charge in [0.1, 0.15) is 0 Å². The molecule has 28 heavy (non-hydrogen) atoms. The van der Waals surface area contributed by atoms with Gasteiger partial charge >= 0.3 is 186 Å². The van der Waals surface area contributed by atoms with Crippen LogP contribution in [0, 0.1) is 0 Å². The summed E-state index contributed by atoms with van der Waals surface area (Å²) < 4.78 is 9.74. The minimum absolute atomic E-state index is 0.0413. The van der Waals surface area contributed by atoms with Gasteiger partial charge in [0, 0.05) is 0 Å². The molecule has 1 atom stereocenters. The molecule has 0 fully saturated rings. The van der Waals surface area contributed by atoms with E-state index in [1.165, 1.54) is 45.5 Å². The van der Waals surface area contributed by atoms with Gasteiger partial charge in [-0.05, 0) is 0 Å². The Labute approximate surface area is 184 Å². The summed E-state index contributed by atoms with van der Waals surface area (Å²) in [7, 11) is 5.31. The molecule has 0 saturated heterocycles. The van der Waals surface area contributed by atoms with Crippen LogP contribution in [0.5, 0.6) is 0 Å². The molecule has 3 aromatic rings. The number of thiol groups is 1. The summed E-state index contributed by atoms with van der Waals surface area (Å²) in [6.07, 6.45) is 5.47. The molecule has 135 valence electrons. The Bertz CT molecular complexity index is 1210. The van der Waals surface area contributed by atoms with Crippen LogP contribution >= 0.6 is 25.3 Å². The van der Waals surface area contributed by atoms with E-state index in [0.29, 0.717) is 0 Å². The van der Waals surface area contributed by atoms with Crippen molar-refractivity contribution < 1.29 is 25.0 Å². The molecule has 0 N–H and O–H groups in total. The summed E-state index contributed by atoms with van der Waals surface area (Å²) >= 11 is 1.15. The Kier molecular flexibility index (Phi) is 4.12. The van der Waals surface area contributed by atoms with Crippen LogP contribution in [0.25, 0.3) is 17.2 Å². The fourth-order valence-corrected chi connectivity index (χ4v) is 11.9. The Morgan fingerprint density at radius 1 is 0.893 bits per heavy atom. The van der Waals surface area contributed by atoms with Crippen LogP contribution in [0.4, 0.5) is 0 Å². The Hall–Kier alpha value is -1.35. The van der Waals surface area contributed by atoms with Crippen molar-refractivity contribution in [3.05, 3.63) is 99.2 Å². The van der Waals surface area contributed by atoms with E-state index in [1.54, 1.807) is 0 Å². The van der Waals surface area contributed by atoms with Gasteiger partial charge in [0.05, 0.1) is 0 Å². The molecular weight excluding hydrogens is 507 g/mol. The third-order valence-electron chi connectivity index (χ3n) is 5.91. The average Bonchev–Trinajstić information content (AvgIpc) is 3.36. The van der Waals surface area contributed by atoms with E-state index in [9.17, 15) is 0 Å². The molecule has 0 aromatic heterocycles. The molecule has 0 radical (unpaired) electrons. The normalized spacial score (nSPS) is 17.9. The predicted octanol–water partition coefficient (Wildman–Crippen LogP) is 5.38. The quantitative estimate of drug-likeness (QED) is 0.348. The second-order valence-corrected chi connectivity index (χ2v) is 15.2. The minimum atomic E-state index is -2.33. The Balaban J connectivity index is 1.47. The van der Waals surface area contributed by atoms with Crippen molar-refractivity contribution in [1.29, 1.82) is 0 Å². The Morgan fingerprint density at radius 3 is 2.61 bits per heavy atom. The number of rotatable bonds is 2. The first-order valence-corrected chi connectivity index (χ1v) is 16.4. The van der Waals surface area contributed by atoms with E-state index >= 15 is 0 Å². The van der Waals surface area contributed by atoms with Gasteiger partial charge in [0.25, 0.3) is 0 Å². The first-order chi connectivity index (χ1) is 13.7. The van der Waals surface area contributed by atoms with E-state index in [4.69, 9.17) is 14.1 Å². The van der Waals surface area contributed by atoms with Crippen LogP contribution in [0.3, 0.4) is 0 Å². The zero-order chi connectivity index (χ0) is 18.8. The average molecular weight is 524 g/mol. The summed E-state index contributed by atoms with van der Waals surface area (Å²) in [4.78, 5) is 0. The Morgan fingerprint density at radius 2 is 1.68 bits per heavy atom. The van der Waals surface area contributed by atoms with E-state index in [2.05, 4.69) is 88.7 Å². The van der Waals surface area contributed by atoms with Gasteiger partial charge in [-0.2, -0.15) is 0 Å². The molecular formula is C24H16BrOSZr. The molecule has 3 aliphatic rings. The van der Waals surface area contributed by atoms with Gasteiger partial charge in [-0.3, -0.25) is 0 Å². The second kappa shape index (κ2) is 6.59. The summed E-state index contributed by atoms with van der Waals surface area (Å²) in [5.41, 5.74) is 9.59. The number of hydrogen-bond donors (Lipinski definition) is 1. The maximum absolute atomic E-state index is 5.97. The molecule has 1 unspecified atom stereocenters. The summed E-state index contributed by atoms with van der Waals surface area (Å²) in [6.45, 7) is 0. The molecule has 4 heteroatoms. The molecule has 1 nitrogen and oxygen atoms in total. The molecule has 0 bridgehead atoms. The van der Waals surface area contributed by atoms with Crippen molar-refractivity contribution in [1.82, 2.24) is 0 Å². The van der Waals surface area contributed by atoms with Crippen molar-refractivity contribution in [2.45, 2.75) is 12.5 Å². The molecule has 6 rings (SSSR count). The SMILES string of the molecule is [SH][Zr]([c]1cccc2c1C=C1C=C(Br)OC12)[c]1cccc2c1Cc1ccccc1-2. The van der Waals surface area contributed by atoms with E-state index < -0.39 is 20.3 Å². The van der Waals surface area contributed by atoms with E-state index in [0.717, 1.165) is 11.1 Å². The van der Waals surface area contributed by atoms with Crippen LogP contribution in [0.2, 0.25) is 0 Å². The number of fused-ring (bicyclic) bond motifs is 6. The molecule has 3 aromatic carbocycles. The predicted molar refractivity (Wildman–Crippen MR) is 118 cm³/mol.